The van der Waals surface area contributed by atoms with Crippen LogP contribution >= 0.6 is 11.3 Å². The van der Waals surface area contributed by atoms with Gasteiger partial charge in [0.05, 0.1) is 10.2 Å². The molecule has 6 aromatic carbocycles. The molecule has 0 atom stereocenters. The maximum atomic E-state index is 5.15. The van der Waals surface area contributed by atoms with E-state index in [-0.39, 0.29) is 5.41 Å². The van der Waals surface area contributed by atoms with Crippen molar-refractivity contribution in [1.82, 2.24) is 19.9 Å². The molecule has 0 saturated heterocycles. The van der Waals surface area contributed by atoms with E-state index >= 15 is 0 Å². The predicted octanol–water partition coefficient (Wildman–Crippen LogP) is 11.1. The van der Waals surface area contributed by atoms with E-state index in [9.17, 15) is 0 Å². The zero-order chi connectivity index (χ0) is 32.2. The zero-order valence-electron chi connectivity index (χ0n) is 26.6. The molecule has 0 radical (unpaired) electrons. The van der Waals surface area contributed by atoms with Gasteiger partial charge in [-0.25, -0.2) is 19.9 Å². The smallest absolute Gasteiger partial charge is 0.164 e. The number of aromatic nitrogens is 4. The Labute approximate surface area is 283 Å². The molecule has 8 aromatic rings. The average molecular weight is 635 g/mol. The second-order valence-electron chi connectivity index (χ2n) is 12.8. The fraction of sp³-hybridized carbons (Fsp3) is 0.0698. The van der Waals surface area contributed by atoms with E-state index in [2.05, 4.69) is 123 Å². The van der Waals surface area contributed by atoms with E-state index in [4.69, 9.17) is 19.9 Å². The highest BCUT2D eigenvalue weighted by Crippen LogP contribution is 2.49. The van der Waals surface area contributed by atoms with E-state index in [1.807, 2.05) is 36.4 Å². The van der Waals surface area contributed by atoms with Crippen molar-refractivity contribution >= 4 is 21.6 Å². The number of hydrogen-bond donors (Lipinski definition) is 0. The molecule has 48 heavy (non-hydrogen) atoms. The summed E-state index contributed by atoms with van der Waals surface area (Å²) in [5.74, 6) is 1.90. The fourth-order valence-corrected chi connectivity index (χ4v) is 7.79. The van der Waals surface area contributed by atoms with Crippen LogP contribution in [0.3, 0.4) is 0 Å². The van der Waals surface area contributed by atoms with Crippen molar-refractivity contribution in [2.24, 2.45) is 0 Å². The van der Waals surface area contributed by atoms with Gasteiger partial charge in [0.1, 0.15) is 5.01 Å². The normalized spacial score (nSPS) is 13.0. The Bertz CT molecular complexity index is 2480. The van der Waals surface area contributed by atoms with Crippen molar-refractivity contribution in [2.75, 3.05) is 0 Å². The Morgan fingerprint density at radius 1 is 0.417 bits per heavy atom. The largest absolute Gasteiger partial charge is 0.236 e. The van der Waals surface area contributed by atoms with Crippen LogP contribution in [0.15, 0.2) is 146 Å². The maximum Gasteiger partial charge on any atom is 0.164 e. The number of rotatable bonds is 5. The summed E-state index contributed by atoms with van der Waals surface area (Å²) in [6, 6.07) is 50.8. The van der Waals surface area contributed by atoms with Gasteiger partial charge >= 0.3 is 0 Å². The fourth-order valence-electron chi connectivity index (χ4n) is 6.85. The molecule has 0 unspecified atom stereocenters. The zero-order valence-corrected chi connectivity index (χ0v) is 27.4. The first-order valence-corrected chi connectivity index (χ1v) is 17.0. The number of hydrogen-bond acceptors (Lipinski definition) is 5. The molecule has 0 saturated carbocycles. The Morgan fingerprint density at radius 3 is 1.77 bits per heavy atom. The first-order valence-electron chi connectivity index (χ1n) is 16.1. The van der Waals surface area contributed by atoms with Crippen molar-refractivity contribution in [3.63, 3.8) is 0 Å². The number of thiazole rings is 1. The Morgan fingerprint density at radius 2 is 1.00 bits per heavy atom. The molecule has 5 heteroatoms. The lowest BCUT2D eigenvalue weighted by Crippen LogP contribution is -2.14. The van der Waals surface area contributed by atoms with Gasteiger partial charge in [0, 0.05) is 27.7 Å². The van der Waals surface area contributed by atoms with Crippen LogP contribution in [0.4, 0.5) is 0 Å². The van der Waals surface area contributed by atoms with Crippen LogP contribution in [0.25, 0.3) is 77.2 Å². The predicted molar refractivity (Wildman–Crippen MR) is 198 cm³/mol. The van der Waals surface area contributed by atoms with E-state index in [1.54, 1.807) is 11.3 Å². The first-order chi connectivity index (χ1) is 23.5. The molecule has 0 bridgehead atoms. The summed E-state index contributed by atoms with van der Waals surface area (Å²) in [6.07, 6.45) is 0. The standard InChI is InChI=1S/C43H30N4S/c1-43(2)35-19-10-9-18-33(35)34-22-20-32(25-36(34)43)42-44-37-26-31(21-23-38(37)48-42)41-46-39(28-14-7-4-8-15-28)45-40(47-41)30-17-11-16-29(24-30)27-12-5-3-6-13-27/h3-26H,1-2H3. The Kier molecular flexibility index (Phi) is 6.63. The SMILES string of the molecule is CC1(C)c2ccccc2-c2ccc(-c3nc4cc(-c5nc(-c6ccccc6)nc(-c6cccc(-c7ccccc7)c6)n5)ccc4s3)cc21. The van der Waals surface area contributed by atoms with Crippen molar-refractivity contribution in [2.45, 2.75) is 19.3 Å². The van der Waals surface area contributed by atoms with E-state index in [0.717, 1.165) is 48.6 Å². The lowest BCUT2D eigenvalue weighted by atomic mass is 9.82. The second kappa shape index (κ2) is 11.2. The van der Waals surface area contributed by atoms with Crippen molar-refractivity contribution in [1.29, 1.82) is 0 Å². The molecule has 0 N–H and O–H groups in total. The number of benzene rings is 6. The van der Waals surface area contributed by atoms with Crippen LogP contribution < -0.4 is 0 Å². The van der Waals surface area contributed by atoms with Gasteiger partial charge in [-0.1, -0.05) is 129 Å². The third-order valence-corrected chi connectivity index (χ3v) is 10.5. The summed E-state index contributed by atoms with van der Waals surface area (Å²) in [7, 11) is 0. The van der Waals surface area contributed by atoms with Gasteiger partial charge in [-0.05, 0) is 63.7 Å². The van der Waals surface area contributed by atoms with Crippen molar-refractivity contribution in [3.05, 3.63) is 157 Å². The highest BCUT2D eigenvalue weighted by atomic mass is 32.1. The van der Waals surface area contributed by atoms with E-state index < -0.39 is 0 Å². The summed E-state index contributed by atoms with van der Waals surface area (Å²) in [4.78, 5) is 20.1. The summed E-state index contributed by atoms with van der Waals surface area (Å²) >= 11 is 1.72. The maximum absolute atomic E-state index is 5.15. The summed E-state index contributed by atoms with van der Waals surface area (Å²) < 4.78 is 1.13. The molecule has 9 rings (SSSR count). The molecular formula is C43H30N4S. The van der Waals surface area contributed by atoms with Crippen LogP contribution in [-0.4, -0.2) is 19.9 Å². The van der Waals surface area contributed by atoms with E-state index in [1.165, 1.54) is 22.3 Å². The van der Waals surface area contributed by atoms with Crippen LogP contribution in [0.1, 0.15) is 25.0 Å². The van der Waals surface area contributed by atoms with Crippen LogP contribution in [0.2, 0.25) is 0 Å². The van der Waals surface area contributed by atoms with Gasteiger partial charge in [0.15, 0.2) is 17.5 Å². The molecule has 0 fully saturated rings. The highest BCUT2D eigenvalue weighted by molar-refractivity contribution is 7.21. The van der Waals surface area contributed by atoms with Gasteiger partial charge < -0.3 is 0 Å². The monoisotopic (exact) mass is 634 g/mol. The first kappa shape index (κ1) is 28.4. The number of fused-ring (bicyclic) bond motifs is 4. The van der Waals surface area contributed by atoms with Gasteiger partial charge in [-0.3, -0.25) is 0 Å². The quantitative estimate of drug-likeness (QED) is 0.189. The van der Waals surface area contributed by atoms with Gasteiger partial charge in [-0.15, -0.1) is 11.3 Å². The minimum atomic E-state index is -0.0563. The molecule has 1 aliphatic carbocycles. The van der Waals surface area contributed by atoms with Gasteiger partial charge in [-0.2, -0.15) is 0 Å². The lowest BCUT2D eigenvalue weighted by molar-refractivity contribution is 0.660. The topological polar surface area (TPSA) is 51.6 Å². The average Bonchev–Trinajstić information content (AvgIpc) is 3.68. The summed E-state index contributed by atoms with van der Waals surface area (Å²) in [5, 5.41) is 1.01. The molecule has 0 amide bonds. The molecule has 2 aromatic heterocycles. The van der Waals surface area contributed by atoms with Gasteiger partial charge in [0.25, 0.3) is 0 Å². The molecule has 2 heterocycles. The minimum absolute atomic E-state index is 0.0563. The van der Waals surface area contributed by atoms with Crippen molar-refractivity contribution in [3.8, 4) is 67.0 Å². The third kappa shape index (κ3) is 4.83. The Hall–Kier alpha value is -5.78. The molecule has 0 aliphatic heterocycles. The Balaban J connectivity index is 1.12. The summed E-state index contributed by atoms with van der Waals surface area (Å²) in [5.41, 5.74) is 12.5. The van der Waals surface area contributed by atoms with Gasteiger partial charge in [0.2, 0.25) is 0 Å². The molecule has 0 spiro atoms. The van der Waals surface area contributed by atoms with Crippen LogP contribution in [-0.2, 0) is 5.41 Å². The minimum Gasteiger partial charge on any atom is -0.236 e. The molecule has 228 valence electrons. The third-order valence-electron chi connectivity index (χ3n) is 9.37. The van der Waals surface area contributed by atoms with Crippen molar-refractivity contribution < 1.29 is 0 Å². The van der Waals surface area contributed by atoms with Crippen LogP contribution in [0.5, 0.6) is 0 Å². The number of nitrogens with zero attached hydrogens (tertiary/aromatic N) is 4. The van der Waals surface area contributed by atoms with Crippen LogP contribution in [0, 0.1) is 0 Å². The lowest BCUT2D eigenvalue weighted by Gasteiger charge is -2.21. The second-order valence-corrected chi connectivity index (χ2v) is 13.8. The molecule has 1 aliphatic rings. The summed E-state index contributed by atoms with van der Waals surface area (Å²) in [6.45, 7) is 4.63. The molecular weight excluding hydrogens is 605 g/mol. The van der Waals surface area contributed by atoms with E-state index in [0.29, 0.717) is 17.5 Å². The highest BCUT2D eigenvalue weighted by Gasteiger charge is 2.35. The molecule has 4 nitrogen and oxygen atoms in total.